The number of carbonyl (C=O) groups is 2. The maximum Gasteiger partial charge on any atom is 0.233 e. The second kappa shape index (κ2) is 14.4. The third-order valence-electron chi connectivity index (χ3n) is 7.74. The van der Waals surface area contributed by atoms with Crippen LogP contribution in [0.1, 0.15) is 29.6 Å². The summed E-state index contributed by atoms with van der Waals surface area (Å²) in [4.78, 5) is 43.7. The number of amides is 1. The molecule has 1 aromatic heterocycles. The number of hydrogen-bond acceptors (Lipinski definition) is 14. The van der Waals surface area contributed by atoms with Gasteiger partial charge in [-0.2, -0.15) is 15.0 Å². The Morgan fingerprint density at radius 2 is 1.35 bits per heavy atom. The van der Waals surface area contributed by atoms with Crippen LogP contribution in [-0.4, -0.2) is 91.2 Å². The fourth-order valence-electron chi connectivity index (χ4n) is 5.65. The number of ketones is 1. The van der Waals surface area contributed by atoms with E-state index >= 15 is 0 Å². The van der Waals surface area contributed by atoms with Gasteiger partial charge in [-0.15, -0.1) is 0 Å². The highest BCUT2D eigenvalue weighted by atomic mass is 35.5. The molecule has 16 heteroatoms. The lowest BCUT2D eigenvalue weighted by Crippen LogP contribution is -2.54. The highest BCUT2D eigenvalue weighted by Crippen LogP contribution is 2.36. The minimum absolute atomic E-state index is 0.111. The first kappa shape index (κ1) is 33.1. The van der Waals surface area contributed by atoms with Gasteiger partial charge >= 0.3 is 0 Å². The van der Waals surface area contributed by atoms with E-state index in [0.29, 0.717) is 90.3 Å². The third kappa shape index (κ3) is 8.10. The Morgan fingerprint density at radius 1 is 0.826 bits per heavy atom. The van der Waals surface area contributed by atoms with Crippen molar-refractivity contribution in [3.63, 3.8) is 0 Å². The van der Waals surface area contributed by atoms with Gasteiger partial charge in [-0.05, 0) is 37.1 Å². The van der Waals surface area contributed by atoms with Gasteiger partial charge in [0, 0.05) is 73.7 Å². The van der Waals surface area contributed by atoms with Crippen LogP contribution in [0.5, 0.6) is 11.5 Å². The monoisotopic (exact) mass is 653 g/mol. The van der Waals surface area contributed by atoms with E-state index in [9.17, 15) is 9.59 Å². The Hall–Kier alpha value is -4.28. The molecule has 2 saturated heterocycles. The number of anilines is 5. The zero-order valence-electron chi connectivity index (χ0n) is 25.8. The van der Waals surface area contributed by atoms with Crippen LogP contribution >= 0.6 is 11.6 Å². The normalized spacial score (nSPS) is 21.5. The number of nitrogens with zero attached hydrogens (tertiary/aromatic N) is 5. The summed E-state index contributed by atoms with van der Waals surface area (Å²) in [6, 6.07) is 9.28. The molecule has 246 valence electrons. The number of rotatable bonds is 10. The van der Waals surface area contributed by atoms with Gasteiger partial charge in [0.2, 0.25) is 23.8 Å². The smallest absolute Gasteiger partial charge is 0.233 e. The van der Waals surface area contributed by atoms with E-state index in [1.807, 2.05) is 9.80 Å². The van der Waals surface area contributed by atoms with Crippen molar-refractivity contribution in [2.75, 3.05) is 60.8 Å². The van der Waals surface area contributed by atoms with Crippen molar-refractivity contribution in [2.45, 2.75) is 43.4 Å². The molecule has 2 aliphatic rings. The predicted octanol–water partition coefficient (Wildman–Crippen LogP) is 1.23. The van der Waals surface area contributed by atoms with Crippen molar-refractivity contribution in [3.8, 4) is 11.5 Å². The molecule has 2 fully saturated rings. The van der Waals surface area contributed by atoms with E-state index in [1.165, 1.54) is 26.4 Å². The van der Waals surface area contributed by atoms with Crippen LogP contribution in [0, 0.1) is 0 Å². The van der Waals surface area contributed by atoms with E-state index in [0.717, 1.165) is 0 Å². The first-order valence-electron chi connectivity index (χ1n) is 14.9. The number of Topliss-reactive ketones (excluding diaryl/α,β-unsaturated/α-hetero) is 1. The zero-order chi connectivity index (χ0) is 33.0. The number of ether oxygens (including phenoxy) is 2. The number of carbonyl (C=O) groups excluding carboxylic acids is 2. The van der Waals surface area contributed by atoms with Gasteiger partial charge in [0.25, 0.3) is 0 Å². The summed E-state index contributed by atoms with van der Waals surface area (Å²) in [7, 11) is 2.91. The van der Waals surface area contributed by atoms with Crippen LogP contribution in [0.4, 0.5) is 29.2 Å². The minimum Gasteiger partial charge on any atom is -0.495 e. The minimum atomic E-state index is -0.519. The van der Waals surface area contributed by atoms with Crippen molar-refractivity contribution in [1.82, 2.24) is 15.0 Å². The van der Waals surface area contributed by atoms with E-state index in [4.69, 9.17) is 49.0 Å². The lowest BCUT2D eigenvalue weighted by Gasteiger charge is -2.37. The number of benzene rings is 2. The number of nitrogens with one attached hydrogen (secondary N) is 2. The van der Waals surface area contributed by atoms with Gasteiger partial charge in [0.05, 0.1) is 31.4 Å². The molecule has 3 heterocycles. The van der Waals surface area contributed by atoms with E-state index in [1.54, 1.807) is 24.3 Å². The van der Waals surface area contributed by atoms with Crippen molar-refractivity contribution in [3.05, 3.63) is 47.0 Å². The Labute approximate surface area is 271 Å². The highest BCUT2D eigenvalue weighted by Gasteiger charge is 2.29. The highest BCUT2D eigenvalue weighted by molar-refractivity contribution is 6.32. The van der Waals surface area contributed by atoms with Crippen molar-refractivity contribution in [1.29, 1.82) is 0 Å². The molecule has 1 amide bonds. The fraction of sp³-hybridized carbons (Fsp3) is 0.433. The molecule has 0 saturated carbocycles. The van der Waals surface area contributed by atoms with Gasteiger partial charge in [-0.3, -0.25) is 9.59 Å². The summed E-state index contributed by atoms with van der Waals surface area (Å²) in [5, 5.41) is 6.22. The molecule has 4 atom stereocenters. The average Bonchev–Trinajstić information content (AvgIpc) is 3.01. The molecule has 5 rings (SSSR count). The maximum atomic E-state index is 12.9. The maximum absolute atomic E-state index is 12.9. The molecule has 2 aliphatic heterocycles. The standard InChI is InChI=1S/C30H40ClN11O4/c1-45-25-10-23(26(46-2)9-22(25)31)37-27(44)11-24(43)16-3-5-21(6-4-16)36-28-38-29(41-12-17(32)7-18(33)13-41)40-30(39-28)42-14-19(34)8-20(35)15-42/h3-6,9-10,17-20H,7-8,11-15,32-35H2,1-2H3,(H,37,44)(H,36,38,39,40)/t17-,18+,19-,20+. The summed E-state index contributed by atoms with van der Waals surface area (Å²) in [5.41, 5.74) is 26.3. The quantitative estimate of drug-likeness (QED) is 0.134. The topological polar surface area (TPSA) is 226 Å². The van der Waals surface area contributed by atoms with Crippen LogP contribution in [0.3, 0.4) is 0 Å². The van der Waals surface area contributed by atoms with Crippen molar-refractivity contribution < 1.29 is 19.1 Å². The third-order valence-corrected chi connectivity index (χ3v) is 8.04. The van der Waals surface area contributed by atoms with E-state index < -0.39 is 5.91 Å². The van der Waals surface area contributed by atoms with Crippen LogP contribution in [0.25, 0.3) is 0 Å². The van der Waals surface area contributed by atoms with Crippen LogP contribution in [-0.2, 0) is 4.79 Å². The number of piperidine rings is 2. The molecule has 0 bridgehead atoms. The van der Waals surface area contributed by atoms with Crippen molar-refractivity contribution >= 4 is 52.5 Å². The SMILES string of the molecule is COc1cc(NC(=O)CC(=O)c2ccc(Nc3nc(N4C[C@H](N)C[C@H](N)C4)nc(N4C[C@H](N)C[C@H](N)C4)n3)cc2)c(OC)cc1Cl. The molecule has 10 N–H and O–H groups in total. The Kier molecular flexibility index (Phi) is 10.4. The first-order valence-corrected chi connectivity index (χ1v) is 15.3. The van der Waals surface area contributed by atoms with Gasteiger partial charge in [-0.25, -0.2) is 0 Å². The van der Waals surface area contributed by atoms with Crippen molar-refractivity contribution in [2.24, 2.45) is 22.9 Å². The predicted molar refractivity (Wildman–Crippen MR) is 177 cm³/mol. The number of hydrogen-bond donors (Lipinski definition) is 6. The molecular weight excluding hydrogens is 614 g/mol. The lowest BCUT2D eigenvalue weighted by atomic mass is 10.0. The van der Waals surface area contributed by atoms with Crippen LogP contribution in [0.2, 0.25) is 5.02 Å². The molecule has 0 spiro atoms. The Balaban J connectivity index is 1.30. The number of methoxy groups -OCH3 is 2. The van der Waals surface area contributed by atoms with Gasteiger partial charge in [-0.1, -0.05) is 11.6 Å². The van der Waals surface area contributed by atoms with Crippen LogP contribution < -0.4 is 52.8 Å². The average molecular weight is 654 g/mol. The molecular formula is C30H40ClN11O4. The summed E-state index contributed by atoms with van der Waals surface area (Å²) >= 11 is 6.14. The molecule has 15 nitrogen and oxygen atoms in total. The van der Waals surface area contributed by atoms with Crippen LogP contribution in [0.15, 0.2) is 36.4 Å². The van der Waals surface area contributed by atoms with Gasteiger partial charge in [0.1, 0.15) is 11.5 Å². The van der Waals surface area contributed by atoms with E-state index in [2.05, 4.69) is 20.6 Å². The Morgan fingerprint density at radius 3 is 1.85 bits per heavy atom. The summed E-state index contributed by atoms with van der Waals surface area (Å²) < 4.78 is 10.5. The molecule has 2 aromatic carbocycles. The largest absolute Gasteiger partial charge is 0.495 e. The fourth-order valence-corrected chi connectivity index (χ4v) is 5.88. The molecule has 0 radical (unpaired) electrons. The second-order valence-electron chi connectivity index (χ2n) is 11.6. The number of nitrogens with two attached hydrogens (primary N) is 4. The number of halogens is 1. The summed E-state index contributed by atoms with van der Waals surface area (Å²) in [6.45, 7) is 2.22. The molecule has 3 aromatic rings. The second-order valence-corrected chi connectivity index (χ2v) is 12.0. The Bertz CT molecular complexity index is 1500. The number of aromatic nitrogens is 3. The summed E-state index contributed by atoms with van der Waals surface area (Å²) in [6.07, 6.45) is 1.04. The molecule has 46 heavy (non-hydrogen) atoms. The van der Waals surface area contributed by atoms with Gasteiger partial charge in [0.15, 0.2) is 5.78 Å². The first-order chi connectivity index (χ1) is 22.0. The molecule has 0 aliphatic carbocycles. The van der Waals surface area contributed by atoms with E-state index in [-0.39, 0.29) is 36.4 Å². The lowest BCUT2D eigenvalue weighted by molar-refractivity contribution is -0.115. The summed E-state index contributed by atoms with van der Waals surface area (Å²) in [5.74, 6) is 0.987. The zero-order valence-corrected chi connectivity index (χ0v) is 26.5. The molecule has 0 unspecified atom stereocenters. The van der Waals surface area contributed by atoms with Gasteiger partial charge < -0.3 is 52.8 Å².